The molecule has 1 aliphatic rings. The van der Waals surface area contributed by atoms with Crippen molar-refractivity contribution in [1.82, 2.24) is 13.5 Å². The molecule has 0 radical (unpaired) electrons. The Balaban J connectivity index is 2.27. The van der Waals surface area contributed by atoms with Crippen LogP contribution in [-0.4, -0.2) is 85.1 Å². The Bertz CT molecular complexity index is 1240. The van der Waals surface area contributed by atoms with Crippen LogP contribution < -0.4 is 5.32 Å². The third-order valence-corrected chi connectivity index (χ3v) is 7.89. The van der Waals surface area contributed by atoms with Gasteiger partial charge in [-0.2, -0.15) is 17.0 Å². The lowest BCUT2D eigenvalue weighted by atomic mass is 10.2. The van der Waals surface area contributed by atoms with Gasteiger partial charge in [-0.3, -0.25) is 4.79 Å². The van der Waals surface area contributed by atoms with Crippen molar-refractivity contribution < 1.29 is 27.5 Å². The predicted molar refractivity (Wildman–Crippen MR) is 161 cm³/mol. The van der Waals surface area contributed by atoms with Crippen LogP contribution in [-0.2, 0) is 24.5 Å². The lowest BCUT2D eigenvalue weighted by Crippen LogP contribution is -2.54. The van der Waals surface area contributed by atoms with Gasteiger partial charge in [0.25, 0.3) is 5.91 Å². The van der Waals surface area contributed by atoms with Gasteiger partial charge in [-0.1, -0.05) is 29.8 Å². The summed E-state index contributed by atoms with van der Waals surface area (Å²) in [5.41, 5.74) is -0.220. The Morgan fingerprint density at radius 3 is 2.39 bits per heavy atom. The molecule has 41 heavy (non-hydrogen) atoms. The highest BCUT2D eigenvalue weighted by Crippen LogP contribution is 2.22. The third kappa shape index (κ3) is 10.2. The zero-order chi connectivity index (χ0) is 30.6. The molecule has 0 unspecified atom stereocenters. The Morgan fingerprint density at radius 1 is 1.15 bits per heavy atom. The standard InChI is InChI=1S/C28H40ClN5O6S/c1-6-8-9-10-19-39-25(26(35)31-23-13-11-12-22(29)20-23)24(21-30)32-15-17-33(18-16-32)41(37,38)34(14-7-2)27(36)40-28(3,4)5/h6-7,11-13,20-21,30H,1-2,8-10,14-19H2,3-5H3,(H,31,35). The number of hydrogen-bond donors (Lipinski definition) is 2. The van der Waals surface area contributed by atoms with Crippen LogP contribution in [0.25, 0.3) is 0 Å². The van der Waals surface area contributed by atoms with Crippen LogP contribution in [0.2, 0.25) is 5.02 Å². The number of benzene rings is 1. The largest absolute Gasteiger partial charge is 0.486 e. The van der Waals surface area contributed by atoms with Gasteiger partial charge >= 0.3 is 16.3 Å². The summed E-state index contributed by atoms with van der Waals surface area (Å²) in [6, 6.07) is 6.65. The van der Waals surface area contributed by atoms with Gasteiger partial charge in [0.05, 0.1) is 13.2 Å². The van der Waals surface area contributed by atoms with Crippen molar-refractivity contribution in [3.8, 4) is 0 Å². The lowest BCUT2D eigenvalue weighted by molar-refractivity contribution is -0.116. The maximum atomic E-state index is 13.4. The van der Waals surface area contributed by atoms with Crippen LogP contribution in [0.5, 0.6) is 0 Å². The normalized spacial score (nSPS) is 14.9. The second kappa shape index (κ2) is 15.6. The van der Waals surface area contributed by atoms with E-state index < -0.39 is 27.8 Å². The third-order valence-electron chi connectivity index (χ3n) is 5.78. The number of nitrogens with zero attached hydrogens (tertiary/aromatic N) is 3. The summed E-state index contributed by atoms with van der Waals surface area (Å²) in [5, 5.41) is 11.3. The van der Waals surface area contributed by atoms with Gasteiger partial charge in [-0.25, -0.2) is 4.79 Å². The van der Waals surface area contributed by atoms with E-state index in [2.05, 4.69) is 18.5 Å². The fourth-order valence-electron chi connectivity index (χ4n) is 3.87. The number of halogens is 1. The first-order chi connectivity index (χ1) is 19.3. The Labute approximate surface area is 248 Å². The second-order valence-corrected chi connectivity index (χ2v) is 12.4. The van der Waals surface area contributed by atoms with Crippen LogP contribution in [0.1, 0.15) is 40.0 Å². The van der Waals surface area contributed by atoms with E-state index >= 15 is 0 Å². The second-order valence-electron chi connectivity index (χ2n) is 10.2. The maximum absolute atomic E-state index is 13.4. The summed E-state index contributed by atoms with van der Waals surface area (Å²) in [5.74, 6) is -0.622. The zero-order valence-corrected chi connectivity index (χ0v) is 25.5. The molecule has 2 amide bonds. The molecule has 0 aromatic heterocycles. The number of amides is 2. The van der Waals surface area contributed by atoms with Crippen molar-refractivity contribution >= 4 is 45.7 Å². The minimum atomic E-state index is -4.23. The van der Waals surface area contributed by atoms with E-state index in [0.717, 1.165) is 19.1 Å². The smallest absolute Gasteiger partial charge is 0.425 e. The van der Waals surface area contributed by atoms with Crippen molar-refractivity contribution in [2.75, 3.05) is 44.6 Å². The molecule has 11 nitrogen and oxygen atoms in total. The fraction of sp³-hybridized carbons (Fsp3) is 0.464. The highest BCUT2D eigenvalue weighted by molar-refractivity contribution is 7.87. The first kappa shape index (κ1) is 33.9. The van der Waals surface area contributed by atoms with Crippen LogP contribution in [0.15, 0.2) is 61.0 Å². The molecular formula is C28H40ClN5O6S. The van der Waals surface area contributed by atoms with Crippen molar-refractivity contribution in [3.63, 3.8) is 0 Å². The Hall–Kier alpha value is -3.35. The van der Waals surface area contributed by atoms with Crippen LogP contribution >= 0.6 is 11.6 Å². The summed E-state index contributed by atoms with van der Waals surface area (Å²) in [6.45, 7) is 12.5. The van der Waals surface area contributed by atoms with Gasteiger partial charge in [0.2, 0.25) is 5.76 Å². The summed E-state index contributed by atoms with van der Waals surface area (Å²) < 4.78 is 39.7. The molecule has 0 aliphatic carbocycles. The molecule has 1 aromatic carbocycles. The number of hydrogen-bond acceptors (Lipinski definition) is 8. The number of anilines is 1. The van der Waals surface area contributed by atoms with Crippen LogP contribution in [0.4, 0.5) is 10.5 Å². The van der Waals surface area contributed by atoms with E-state index in [1.54, 1.807) is 56.0 Å². The number of rotatable bonds is 14. The van der Waals surface area contributed by atoms with E-state index in [4.69, 9.17) is 26.5 Å². The van der Waals surface area contributed by atoms with Crippen molar-refractivity contribution in [3.05, 3.63) is 66.1 Å². The topological polar surface area (TPSA) is 132 Å². The maximum Gasteiger partial charge on any atom is 0.425 e. The summed E-state index contributed by atoms with van der Waals surface area (Å²) in [7, 11) is -4.23. The summed E-state index contributed by atoms with van der Waals surface area (Å²) in [6.07, 6.45) is 5.43. The number of ether oxygens (including phenoxy) is 2. The Kier molecular flexibility index (Phi) is 12.9. The molecule has 1 saturated heterocycles. The van der Waals surface area contributed by atoms with Gasteiger partial charge in [0, 0.05) is 43.1 Å². The molecule has 0 saturated carbocycles. The molecule has 1 heterocycles. The molecule has 13 heteroatoms. The molecule has 226 valence electrons. The molecule has 1 fully saturated rings. The van der Waals surface area contributed by atoms with Crippen LogP contribution in [0.3, 0.4) is 0 Å². The number of carbonyl (C=O) groups excluding carboxylic acids is 2. The molecule has 0 bridgehead atoms. The monoisotopic (exact) mass is 609 g/mol. The number of allylic oxidation sites excluding steroid dienone is 2. The van der Waals surface area contributed by atoms with Gasteiger partial charge < -0.3 is 25.1 Å². The molecule has 1 aromatic rings. The highest BCUT2D eigenvalue weighted by Gasteiger charge is 2.38. The average Bonchev–Trinajstić information content (AvgIpc) is 2.90. The van der Waals surface area contributed by atoms with Crippen molar-refractivity contribution in [2.45, 2.75) is 45.6 Å². The number of nitrogens with one attached hydrogen (secondary N) is 2. The highest BCUT2D eigenvalue weighted by atomic mass is 35.5. The van der Waals surface area contributed by atoms with Crippen molar-refractivity contribution in [1.29, 1.82) is 5.41 Å². The first-order valence-electron chi connectivity index (χ1n) is 13.3. The predicted octanol–water partition coefficient (Wildman–Crippen LogP) is 4.80. The molecular weight excluding hydrogens is 570 g/mol. The summed E-state index contributed by atoms with van der Waals surface area (Å²) >= 11 is 6.06. The van der Waals surface area contributed by atoms with E-state index in [0.29, 0.717) is 21.4 Å². The molecule has 2 N–H and O–H groups in total. The van der Waals surface area contributed by atoms with Crippen molar-refractivity contribution in [2.24, 2.45) is 0 Å². The molecule has 0 spiro atoms. The first-order valence-corrected chi connectivity index (χ1v) is 15.0. The fourth-order valence-corrected chi connectivity index (χ4v) is 5.48. The molecule has 0 atom stereocenters. The van der Waals surface area contributed by atoms with Gasteiger partial charge in [-0.15, -0.1) is 13.2 Å². The Morgan fingerprint density at radius 2 is 1.83 bits per heavy atom. The van der Waals surface area contributed by atoms with Gasteiger partial charge in [-0.05, 0) is 58.2 Å². The van der Waals surface area contributed by atoms with E-state index in [1.807, 2.05) is 0 Å². The van der Waals surface area contributed by atoms with E-state index in [-0.39, 0.29) is 50.8 Å². The number of unbranched alkanes of at least 4 members (excludes halogenated alkanes) is 2. The lowest BCUT2D eigenvalue weighted by Gasteiger charge is -2.38. The quantitative estimate of drug-likeness (QED) is 0.102. The van der Waals surface area contributed by atoms with Gasteiger partial charge in [0.1, 0.15) is 11.3 Å². The minimum absolute atomic E-state index is 0.00135. The van der Waals surface area contributed by atoms with E-state index in [1.165, 1.54) is 10.4 Å². The molecule has 2 rings (SSSR count). The van der Waals surface area contributed by atoms with Crippen LogP contribution in [0, 0.1) is 5.41 Å². The number of carbonyl (C=O) groups is 2. The zero-order valence-electron chi connectivity index (χ0n) is 23.9. The minimum Gasteiger partial charge on any atom is -0.486 e. The molecule has 1 aliphatic heterocycles. The number of piperazine rings is 1. The SMILES string of the molecule is C=CCCCCOC(C(=O)Nc1cccc(Cl)c1)=C(C=N)N1CCN(S(=O)(=O)N(CC=C)C(=O)OC(C)(C)C)CC1. The van der Waals surface area contributed by atoms with Gasteiger partial charge in [0.15, 0.2) is 0 Å². The average molecular weight is 610 g/mol. The summed E-state index contributed by atoms with van der Waals surface area (Å²) in [4.78, 5) is 27.7. The van der Waals surface area contributed by atoms with E-state index in [9.17, 15) is 18.0 Å².